The van der Waals surface area contributed by atoms with Crippen LogP contribution in [-0.4, -0.2) is 58.8 Å². The number of hydrogen-bond acceptors (Lipinski definition) is 4. The third-order valence-corrected chi connectivity index (χ3v) is 6.35. The molecule has 1 atom stereocenters. The molecule has 3 rings (SSSR count). The molecule has 26 heavy (non-hydrogen) atoms. The van der Waals surface area contributed by atoms with E-state index in [0.717, 1.165) is 19.6 Å². The Morgan fingerprint density at radius 1 is 1.19 bits per heavy atom. The number of carbonyl (C=O) groups excluding carboxylic acids is 2. The van der Waals surface area contributed by atoms with Gasteiger partial charge in [-0.3, -0.25) is 14.5 Å². The number of carbonyl (C=O) groups is 2. The summed E-state index contributed by atoms with van der Waals surface area (Å²) in [7, 11) is 0. The van der Waals surface area contributed by atoms with Crippen molar-refractivity contribution in [2.24, 2.45) is 5.41 Å². The van der Waals surface area contributed by atoms with Crippen LogP contribution in [0.4, 0.5) is 0 Å². The Balaban J connectivity index is 1.42. The average Bonchev–Trinajstić information content (AvgIpc) is 3.12. The normalized spacial score (nSPS) is 25.0. The molecule has 1 aliphatic carbocycles. The fraction of sp³-hybridized carbons (Fsp3) is 0.579. The molecule has 1 saturated heterocycles. The Hall–Kier alpha value is -1.30. The molecule has 0 N–H and O–H groups in total. The maximum atomic E-state index is 12.3. The van der Waals surface area contributed by atoms with Gasteiger partial charge in [0.25, 0.3) is 5.91 Å². The van der Waals surface area contributed by atoms with E-state index in [1.54, 1.807) is 11.8 Å². The van der Waals surface area contributed by atoms with Crippen LogP contribution in [0.25, 0.3) is 0 Å². The Morgan fingerprint density at radius 2 is 1.85 bits per heavy atom. The van der Waals surface area contributed by atoms with Gasteiger partial charge in [0.05, 0.1) is 0 Å². The number of nitrogens with zero attached hydrogens (tertiary/aromatic N) is 2. The maximum absolute atomic E-state index is 12.3. The molecule has 1 aromatic rings. The smallest absolute Gasteiger partial charge is 0.315 e. The van der Waals surface area contributed by atoms with E-state index >= 15 is 0 Å². The van der Waals surface area contributed by atoms with Gasteiger partial charge in [0, 0.05) is 39.1 Å². The monoisotopic (exact) mass is 398 g/mol. The zero-order valence-electron chi connectivity index (χ0n) is 15.1. The Morgan fingerprint density at radius 3 is 2.42 bits per heavy atom. The quantitative estimate of drug-likeness (QED) is 0.565. The molecule has 2 aliphatic rings. The molecular weight excluding hydrogens is 375 g/mol. The van der Waals surface area contributed by atoms with Crippen LogP contribution < -0.4 is 0 Å². The molecule has 0 bridgehead atoms. The number of esters is 1. The topological polar surface area (TPSA) is 49.9 Å². The van der Waals surface area contributed by atoms with Crippen LogP contribution in [0.2, 0.25) is 0 Å². The highest BCUT2D eigenvalue weighted by atomic mass is 35.5. The lowest BCUT2D eigenvalue weighted by atomic mass is 10.1. The average molecular weight is 399 g/mol. The van der Waals surface area contributed by atoms with Crippen LogP contribution in [0.5, 0.6) is 0 Å². The molecule has 7 heteroatoms. The van der Waals surface area contributed by atoms with Crippen molar-refractivity contribution in [1.29, 1.82) is 0 Å². The van der Waals surface area contributed by atoms with Gasteiger partial charge >= 0.3 is 5.97 Å². The third-order valence-electron chi connectivity index (χ3n) is 5.25. The molecule has 2 fully saturated rings. The lowest BCUT2D eigenvalue weighted by molar-refractivity contribution is -0.156. The summed E-state index contributed by atoms with van der Waals surface area (Å²) in [5, 5.41) is 0. The first kappa shape index (κ1) is 19.5. The number of alkyl halides is 2. The second kappa shape index (κ2) is 7.37. The first-order valence-electron chi connectivity index (χ1n) is 8.82. The summed E-state index contributed by atoms with van der Waals surface area (Å²) in [5.41, 5.74) is 1.63. The van der Waals surface area contributed by atoms with Gasteiger partial charge in [-0.05, 0) is 19.4 Å². The highest BCUT2D eigenvalue weighted by Crippen LogP contribution is 2.64. The van der Waals surface area contributed by atoms with E-state index < -0.39 is 15.7 Å². The first-order chi connectivity index (χ1) is 12.2. The summed E-state index contributed by atoms with van der Waals surface area (Å²) >= 11 is 11.9. The molecule has 142 valence electrons. The minimum absolute atomic E-state index is 0.174. The van der Waals surface area contributed by atoms with Gasteiger partial charge in [-0.1, -0.05) is 29.8 Å². The molecule has 0 radical (unpaired) electrons. The van der Waals surface area contributed by atoms with Gasteiger partial charge in [-0.15, -0.1) is 23.2 Å². The molecule has 1 aliphatic heterocycles. The van der Waals surface area contributed by atoms with Gasteiger partial charge in [-0.25, -0.2) is 0 Å². The molecule has 1 heterocycles. The summed E-state index contributed by atoms with van der Waals surface area (Å²) < 4.78 is 4.07. The van der Waals surface area contributed by atoms with Crippen LogP contribution >= 0.6 is 23.2 Å². The van der Waals surface area contributed by atoms with E-state index in [1.807, 2.05) is 0 Å². The number of benzene rings is 1. The second-order valence-corrected chi connectivity index (χ2v) is 8.92. The third kappa shape index (κ3) is 4.16. The summed E-state index contributed by atoms with van der Waals surface area (Å²) in [5.74, 6) is -0.679. The van der Waals surface area contributed by atoms with E-state index in [1.165, 1.54) is 11.1 Å². The number of halogens is 2. The van der Waals surface area contributed by atoms with Crippen molar-refractivity contribution in [3.8, 4) is 0 Å². The molecule has 0 aromatic heterocycles. The molecule has 1 aromatic carbocycles. The van der Waals surface area contributed by atoms with E-state index in [-0.39, 0.29) is 12.5 Å². The number of hydrogen-bond donors (Lipinski definition) is 0. The Labute approximate surface area is 164 Å². The van der Waals surface area contributed by atoms with Crippen LogP contribution in [0, 0.1) is 12.3 Å². The van der Waals surface area contributed by atoms with E-state index in [2.05, 4.69) is 36.1 Å². The largest absolute Gasteiger partial charge is 0.455 e. The highest BCUT2D eigenvalue weighted by molar-refractivity contribution is 6.53. The second-order valence-electron chi connectivity index (χ2n) is 7.44. The van der Waals surface area contributed by atoms with E-state index in [0.29, 0.717) is 19.5 Å². The lowest BCUT2D eigenvalue weighted by Crippen LogP contribution is -2.49. The summed E-state index contributed by atoms with van der Waals surface area (Å²) in [6.45, 7) is 7.24. The number of ether oxygens (including phenoxy) is 1. The van der Waals surface area contributed by atoms with Crippen molar-refractivity contribution in [2.45, 2.75) is 31.1 Å². The molecular formula is C19H24Cl2N2O3. The molecule has 1 saturated carbocycles. The van der Waals surface area contributed by atoms with Gasteiger partial charge in [0.2, 0.25) is 0 Å². The summed E-state index contributed by atoms with van der Waals surface area (Å²) in [6.07, 6.45) is 0.355. The van der Waals surface area contributed by atoms with Crippen molar-refractivity contribution in [3.05, 3.63) is 35.4 Å². The lowest BCUT2D eigenvalue weighted by Gasteiger charge is -2.34. The van der Waals surface area contributed by atoms with Crippen molar-refractivity contribution >= 4 is 35.1 Å². The Kier molecular flexibility index (Phi) is 5.52. The van der Waals surface area contributed by atoms with Crippen molar-refractivity contribution in [2.75, 3.05) is 32.8 Å². The molecule has 1 unspecified atom stereocenters. The SMILES string of the molecule is Cc1cccc(CN2CCN(C(=O)COC(=O)C3(C)CC3(Cl)Cl)CC2)c1. The molecule has 5 nitrogen and oxygen atoms in total. The minimum Gasteiger partial charge on any atom is -0.455 e. The number of aryl methyl sites for hydroxylation is 1. The maximum Gasteiger partial charge on any atom is 0.315 e. The highest BCUT2D eigenvalue weighted by Gasteiger charge is 2.69. The van der Waals surface area contributed by atoms with Gasteiger partial charge in [0.15, 0.2) is 6.61 Å². The fourth-order valence-corrected chi connectivity index (χ4v) is 3.91. The zero-order valence-corrected chi connectivity index (χ0v) is 16.6. The van der Waals surface area contributed by atoms with Gasteiger partial charge < -0.3 is 9.64 Å². The predicted molar refractivity (Wildman–Crippen MR) is 101 cm³/mol. The summed E-state index contributed by atoms with van der Waals surface area (Å²) in [4.78, 5) is 28.4. The van der Waals surface area contributed by atoms with Crippen LogP contribution in [0.3, 0.4) is 0 Å². The van der Waals surface area contributed by atoms with Crippen LogP contribution in [0.1, 0.15) is 24.5 Å². The fourth-order valence-electron chi connectivity index (χ4n) is 3.22. The number of piperazine rings is 1. The number of amides is 1. The Bertz CT molecular complexity index is 702. The molecule has 0 spiro atoms. The van der Waals surface area contributed by atoms with Crippen molar-refractivity contribution in [3.63, 3.8) is 0 Å². The number of rotatable bonds is 5. The first-order valence-corrected chi connectivity index (χ1v) is 9.58. The van der Waals surface area contributed by atoms with E-state index in [9.17, 15) is 9.59 Å². The van der Waals surface area contributed by atoms with E-state index in [4.69, 9.17) is 27.9 Å². The van der Waals surface area contributed by atoms with Crippen LogP contribution in [-0.2, 0) is 20.9 Å². The summed E-state index contributed by atoms with van der Waals surface area (Å²) in [6, 6.07) is 8.46. The van der Waals surface area contributed by atoms with Crippen molar-refractivity contribution in [1.82, 2.24) is 9.80 Å². The minimum atomic E-state index is -1.07. The standard InChI is InChI=1S/C19H24Cl2N2O3/c1-14-4-3-5-15(10-14)11-22-6-8-23(9-7-22)16(24)12-26-17(25)18(2)13-19(18,20)21/h3-5,10H,6-9,11-13H2,1-2H3. The predicted octanol–water partition coefficient (Wildman–Crippen LogP) is 2.77. The van der Waals surface area contributed by atoms with Gasteiger partial charge in [0.1, 0.15) is 9.75 Å². The van der Waals surface area contributed by atoms with Crippen molar-refractivity contribution < 1.29 is 14.3 Å². The van der Waals surface area contributed by atoms with Gasteiger partial charge in [-0.2, -0.15) is 0 Å². The zero-order chi connectivity index (χ0) is 18.9. The van der Waals surface area contributed by atoms with Crippen LogP contribution in [0.15, 0.2) is 24.3 Å². The molecule has 1 amide bonds.